The van der Waals surface area contributed by atoms with Crippen LogP contribution in [0.1, 0.15) is 12.5 Å². The normalized spacial score (nSPS) is 10.0. The van der Waals surface area contributed by atoms with Crippen LogP contribution >= 0.6 is 11.8 Å². The fourth-order valence-electron chi connectivity index (χ4n) is 1.76. The third-order valence-electron chi connectivity index (χ3n) is 2.77. The molecule has 2 rings (SSSR count). The molecule has 0 saturated heterocycles. The zero-order chi connectivity index (χ0) is 15.8. The van der Waals surface area contributed by atoms with E-state index in [1.807, 2.05) is 42.5 Å². The molecule has 0 fully saturated rings. The molecule has 0 aliphatic rings. The number of carbonyl (C=O) groups is 2. The Labute approximate surface area is 133 Å². The van der Waals surface area contributed by atoms with Crippen LogP contribution in [0.2, 0.25) is 0 Å². The highest BCUT2D eigenvalue weighted by molar-refractivity contribution is 8.00. The number of esters is 1. The van der Waals surface area contributed by atoms with E-state index in [1.165, 1.54) is 18.7 Å². The predicted molar refractivity (Wildman–Crippen MR) is 87.7 cm³/mol. The third kappa shape index (κ3) is 5.61. The second-order valence-electron chi connectivity index (χ2n) is 4.64. The molecule has 0 aliphatic heterocycles. The van der Waals surface area contributed by atoms with Gasteiger partial charge >= 0.3 is 5.97 Å². The Kier molecular flexibility index (Phi) is 6.03. The van der Waals surface area contributed by atoms with Crippen LogP contribution < -0.4 is 5.32 Å². The minimum absolute atomic E-state index is 0.107. The topological polar surface area (TPSA) is 55.4 Å². The number of carbonyl (C=O) groups excluding carboxylic acids is 2. The summed E-state index contributed by atoms with van der Waals surface area (Å²) in [5.41, 5.74) is 1.71. The Hall–Kier alpha value is -2.27. The van der Waals surface area contributed by atoms with Crippen LogP contribution in [0.3, 0.4) is 0 Å². The van der Waals surface area contributed by atoms with E-state index in [0.717, 1.165) is 16.1 Å². The lowest BCUT2D eigenvalue weighted by molar-refractivity contribution is -0.141. The Balaban J connectivity index is 1.75. The van der Waals surface area contributed by atoms with E-state index in [0.29, 0.717) is 6.61 Å². The fraction of sp³-hybridized carbons (Fsp3) is 0.176. The van der Waals surface area contributed by atoms with Crippen molar-refractivity contribution in [1.29, 1.82) is 0 Å². The number of amides is 1. The number of ether oxygens (including phenoxy) is 1. The zero-order valence-electron chi connectivity index (χ0n) is 12.2. The van der Waals surface area contributed by atoms with Gasteiger partial charge in [-0.3, -0.25) is 9.59 Å². The van der Waals surface area contributed by atoms with Gasteiger partial charge in [-0.25, -0.2) is 0 Å². The number of hydrogen-bond acceptors (Lipinski definition) is 4. The lowest BCUT2D eigenvalue weighted by Gasteiger charge is -2.06. The maximum atomic E-state index is 11.7. The van der Waals surface area contributed by atoms with E-state index in [-0.39, 0.29) is 17.6 Å². The molecule has 0 bridgehead atoms. The standard InChI is InChI=1S/C17H17NO3S/c1-13(19)18-15-7-9-16(10-8-15)22-12-17(20)21-11-14-5-3-2-4-6-14/h2-10H,11-12H2,1H3,(H,18,19). The molecule has 0 radical (unpaired) electrons. The van der Waals surface area contributed by atoms with Gasteiger partial charge in [0.1, 0.15) is 6.61 Å². The van der Waals surface area contributed by atoms with Crippen molar-refractivity contribution >= 4 is 29.3 Å². The molecule has 5 heteroatoms. The molecule has 114 valence electrons. The molecular formula is C17H17NO3S. The summed E-state index contributed by atoms with van der Waals surface area (Å²) in [5, 5.41) is 2.70. The van der Waals surface area contributed by atoms with Gasteiger partial charge in [0.15, 0.2) is 0 Å². The summed E-state index contributed by atoms with van der Waals surface area (Å²) >= 11 is 1.40. The monoisotopic (exact) mass is 315 g/mol. The zero-order valence-corrected chi connectivity index (χ0v) is 13.1. The lowest BCUT2D eigenvalue weighted by atomic mass is 10.2. The van der Waals surface area contributed by atoms with E-state index in [2.05, 4.69) is 5.32 Å². The fourth-order valence-corrected chi connectivity index (χ4v) is 2.46. The third-order valence-corrected chi connectivity index (χ3v) is 3.76. The highest BCUT2D eigenvalue weighted by Gasteiger charge is 2.05. The van der Waals surface area contributed by atoms with Gasteiger partial charge in [-0.2, -0.15) is 0 Å². The Morgan fingerprint density at radius 2 is 1.73 bits per heavy atom. The van der Waals surface area contributed by atoms with Gasteiger partial charge in [-0.1, -0.05) is 30.3 Å². The van der Waals surface area contributed by atoms with Crippen LogP contribution in [0.4, 0.5) is 5.69 Å². The summed E-state index contributed by atoms with van der Waals surface area (Å²) in [6.07, 6.45) is 0. The molecule has 0 atom stereocenters. The summed E-state index contributed by atoms with van der Waals surface area (Å²) in [5.74, 6) is -0.101. The second kappa shape index (κ2) is 8.24. The Bertz CT molecular complexity index is 626. The van der Waals surface area contributed by atoms with Crippen LogP contribution in [-0.4, -0.2) is 17.6 Å². The summed E-state index contributed by atoms with van der Waals surface area (Å²) in [6, 6.07) is 16.9. The Morgan fingerprint density at radius 3 is 2.36 bits per heavy atom. The summed E-state index contributed by atoms with van der Waals surface area (Å²) in [6.45, 7) is 1.76. The summed E-state index contributed by atoms with van der Waals surface area (Å²) in [4.78, 5) is 23.6. The van der Waals surface area contributed by atoms with Gasteiger partial charge in [0.25, 0.3) is 0 Å². The highest BCUT2D eigenvalue weighted by Crippen LogP contribution is 2.20. The first-order chi connectivity index (χ1) is 10.6. The van der Waals surface area contributed by atoms with Crippen LogP contribution in [0.15, 0.2) is 59.5 Å². The van der Waals surface area contributed by atoms with Gasteiger partial charge in [-0.05, 0) is 29.8 Å². The first kappa shape index (κ1) is 16.1. The quantitative estimate of drug-likeness (QED) is 0.655. The van der Waals surface area contributed by atoms with Gasteiger partial charge in [0, 0.05) is 17.5 Å². The summed E-state index contributed by atoms with van der Waals surface area (Å²) < 4.78 is 5.21. The molecule has 0 saturated carbocycles. The number of hydrogen-bond donors (Lipinski definition) is 1. The molecule has 4 nitrogen and oxygen atoms in total. The van der Waals surface area contributed by atoms with Gasteiger partial charge in [0.05, 0.1) is 5.75 Å². The van der Waals surface area contributed by atoms with Gasteiger partial charge < -0.3 is 10.1 Å². The maximum absolute atomic E-state index is 11.7. The first-order valence-electron chi connectivity index (χ1n) is 6.83. The minimum Gasteiger partial charge on any atom is -0.460 e. The molecule has 1 N–H and O–H groups in total. The first-order valence-corrected chi connectivity index (χ1v) is 7.82. The maximum Gasteiger partial charge on any atom is 0.316 e. The Morgan fingerprint density at radius 1 is 1.05 bits per heavy atom. The number of rotatable bonds is 6. The highest BCUT2D eigenvalue weighted by atomic mass is 32.2. The summed E-state index contributed by atoms with van der Waals surface area (Å²) in [7, 11) is 0. The number of benzene rings is 2. The average Bonchev–Trinajstić information content (AvgIpc) is 2.53. The molecule has 1 amide bonds. The van der Waals surface area contributed by atoms with Crippen molar-refractivity contribution in [1.82, 2.24) is 0 Å². The van der Waals surface area contributed by atoms with E-state index < -0.39 is 0 Å². The van der Waals surface area contributed by atoms with Gasteiger partial charge in [-0.15, -0.1) is 11.8 Å². The molecule has 2 aromatic carbocycles. The molecule has 22 heavy (non-hydrogen) atoms. The molecule has 0 aliphatic carbocycles. The molecular weight excluding hydrogens is 298 g/mol. The van der Waals surface area contributed by atoms with Crippen molar-refractivity contribution < 1.29 is 14.3 Å². The molecule has 0 aromatic heterocycles. The van der Waals surface area contributed by atoms with Gasteiger partial charge in [0.2, 0.25) is 5.91 Å². The van der Waals surface area contributed by atoms with E-state index in [4.69, 9.17) is 4.74 Å². The molecule has 0 spiro atoms. The van der Waals surface area contributed by atoms with Crippen LogP contribution in [0.5, 0.6) is 0 Å². The predicted octanol–water partition coefficient (Wildman–Crippen LogP) is 3.48. The van der Waals surface area contributed by atoms with Crippen molar-refractivity contribution in [2.45, 2.75) is 18.4 Å². The SMILES string of the molecule is CC(=O)Nc1ccc(SCC(=O)OCc2ccccc2)cc1. The van der Waals surface area contributed by atoms with Crippen molar-refractivity contribution in [3.8, 4) is 0 Å². The second-order valence-corrected chi connectivity index (χ2v) is 5.69. The minimum atomic E-state index is -0.250. The van der Waals surface area contributed by atoms with E-state index in [1.54, 1.807) is 12.1 Å². The number of thioether (sulfide) groups is 1. The number of anilines is 1. The van der Waals surface area contributed by atoms with Crippen molar-refractivity contribution in [2.24, 2.45) is 0 Å². The van der Waals surface area contributed by atoms with Crippen molar-refractivity contribution in [3.63, 3.8) is 0 Å². The largest absolute Gasteiger partial charge is 0.460 e. The number of nitrogens with one attached hydrogen (secondary N) is 1. The molecule has 0 unspecified atom stereocenters. The average molecular weight is 315 g/mol. The van der Waals surface area contributed by atoms with E-state index >= 15 is 0 Å². The van der Waals surface area contributed by atoms with Crippen LogP contribution in [0, 0.1) is 0 Å². The van der Waals surface area contributed by atoms with Crippen molar-refractivity contribution in [3.05, 3.63) is 60.2 Å². The van der Waals surface area contributed by atoms with E-state index in [9.17, 15) is 9.59 Å². The smallest absolute Gasteiger partial charge is 0.316 e. The molecule has 2 aromatic rings. The van der Waals surface area contributed by atoms with Crippen LogP contribution in [-0.2, 0) is 20.9 Å². The van der Waals surface area contributed by atoms with Crippen molar-refractivity contribution in [2.75, 3.05) is 11.1 Å². The van der Waals surface area contributed by atoms with Crippen LogP contribution in [0.25, 0.3) is 0 Å². The molecule has 0 heterocycles. The lowest BCUT2D eigenvalue weighted by Crippen LogP contribution is -2.07.